The van der Waals surface area contributed by atoms with Crippen LogP contribution in [0.2, 0.25) is 15.1 Å². The summed E-state index contributed by atoms with van der Waals surface area (Å²) >= 11 is 19.0. The molecule has 0 spiro atoms. The Bertz CT molecular complexity index is 1440. The van der Waals surface area contributed by atoms with Gasteiger partial charge in [-0.1, -0.05) is 52.6 Å². The van der Waals surface area contributed by atoms with E-state index < -0.39 is 10.8 Å². The van der Waals surface area contributed by atoms with Gasteiger partial charge in [0.15, 0.2) is 11.0 Å². The van der Waals surface area contributed by atoms with Crippen molar-refractivity contribution >= 4 is 64.4 Å². The molecule has 0 aliphatic carbocycles. The van der Waals surface area contributed by atoms with E-state index in [1.54, 1.807) is 30.3 Å². The van der Waals surface area contributed by atoms with E-state index in [2.05, 4.69) is 20.7 Å². The minimum Gasteiger partial charge on any atom is -0.272 e. The summed E-state index contributed by atoms with van der Waals surface area (Å²) in [6, 6.07) is 18.5. The lowest BCUT2D eigenvalue weighted by Crippen LogP contribution is -2.20. The van der Waals surface area contributed by atoms with E-state index in [4.69, 9.17) is 34.8 Å². The van der Waals surface area contributed by atoms with Crippen LogP contribution in [0, 0.1) is 10.1 Å². The molecule has 182 valence electrons. The van der Waals surface area contributed by atoms with Gasteiger partial charge in [-0.25, -0.2) is 5.43 Å². The number of thioether (sulfide) groups is 1. The molecule has 36 heavy (non-hydrogen) atoms. The number of halogens is 3. The standard InChI is InChI=1S/C23H15Cl3N6O3S/c24-16-4-2-15(3-5-16)22-29-30-23(31(22)18-8-6-17(25)7-9-18)36-13-21(33)28-27-12-14-1-10-19(26)20(11-14)32(34)35/h1-12H,13H2,(H,28,33)/b27-12-. The first-order valence-electron chi connectivity index (χ1n) is 10.2. The zero-order valence-corrected chi connectivity index (χ0v) is 21.2. The molecule has 1 N–H and O–H groups in total. The summed E-state index contributed by atoms with van der Waals surface area (Å²) in [6.07, 6.45) is 1.29. The topological polar surface area (TPSA) is 115 Å². The number of carbonyl (C=O) groups is 1. The molecule has 0 saturated carbocycles. The van der Waals surface area contributed by atoms with Gasteiger partial charge in [-0.15, -0.1) is 10.2 Å². The summed E-state index contributed by atoms with van der Waals surface area (Å²) in [6.45, 7) is 0. The van der Waals surface area contributed by atoms with E-state index in [9.17, 15) is 14.9 Å². The molecular formula is C23H15Cl3N6O3S. The molecule has 4 rings (SSSR count). The molecule has 0 aliphatic rings. The molecule has 0 saturated heterocycles. The third-order valence-electron chi connectivity index (χ3n) is 4.72. The fourth-order valence-electron chi connectivity index (χ4n) is 3.06. The van der Waals surface area contributed by atoms with Gasteiger partial charge in [-0.2, -0.15) is 5.10 Å². The van der Waals surface area contributed by atoms with Crippen LogP contribution in [0.25, 0.3) is 17.1 Å². The van der Waals surface area contributed by atoms with Gasteiger partial charge in [0.05, 0.1) is 16.9 Å². The number of hydrogen-bond acceptors (Lipinski definition) is 7. The van der Waals surface area contributed by atoms with Gasteiger partial charge in [-0.3, -0.25) is 19.5 Å². The number of aromatic nitrogens is 3. The van der Waals surface area contributed by atoms with E-state index >= 15 is 0 Å². The van der Waals surface area contributed by atoms with Crippen LogP contribution < -0.4 is 5.43 Å². The van der Waals surface area contributed by atoms with E-state index in [0.29, 0.717) is 26.6 Å². The molecule has 4 aromatic rings. The summed E-state index contributed by atoms with van der Waals surface area (Å²) in [5.74, 6) is 0.155. The number of nitro groups is 1. The van der Waals surface area contributed by atoms with Crippen molar-refractivity contribution in [3.05, 3.63) is 97.5 Å². The van der Waals surface area contributed by atoms with Gasteiger partial charge in [0.25, 0.3) is 11.6 Å². The smallest absolute Gasteiger partial charge is 0.272 e. The van der Waals surface area contributed by atoms with Crippen molar-refractivity contribution in [3.8, 4) is 17.1 Å². The molecule has 3 aromatic carbocycles. The molecule has 1 aromatic heterocycles. The first-order valence-corrected chi connectivity index (χ1v) is 12.3. The molecular weight excluding hydrogens is 547 g/mol. The maximum Gasteiger partial charge on any atom is 0.288 e. The number of nitro benzene ring substituents is 1. The quantitative estimate of drug-likeness (QED) is 0.121. The summed E-state index contributed by atoms with van der Waals surface area (Å²) in [5, 5.41) is 25.1. The predicted octanol–water partition coefficient (Wildman–Crippen LogP) is 6.05. The maximum absolute atomic E-state index is 12.4. The molecule has 0 radical (unpaired) electrons. The molecule has 0 bridgehead atoms. The maximum atomic E-state index is 12.4. The molecule has 1 heterocycles. The summed E-state index contributed by atoms with van der Waals surface area (Å²) in [5.41, 5.74) is 4.11. The molecule has 9 nitrogen and oxygen atoms in total. The molecule has 1 amide bonds. The fraction of sp³-hybridized carbons (Fsp3) is 0.0435. The second-order valence-electron chi connectivity index (χ2n) is 7.17. The Labute approximate surface area is 224 Å². The summed E-state index contributed by atoms with van der Waals surface area (Å²) in [4.78, 5) is 22.8. The Kier molecular flexibility index (Phi) is 8.21. The normalized spacial score (nSPS) is 11.1. The lowest BCUT2D eigenvalue weighted by atomic mass is 10.2. The van der Waals surface area contributed by atoms with Gasteiger partial charge in [-0.05, 0) is 54.6 Å². The van der Waals surface area contributed by atoms with Crippen LogP contribution in [0.4, 0.5) is 5.69 Å². The first-order chi connectivity index (χ1) is 17.3. The van der Waals surface area contributed by atoms with Crippen molar-refractivity contribution in [2.75, 3.05) is 5.75 Å². The highest BCUT2D eigenvalue weighted by Crippen LogP contribution is 2.29. The molecule has 0 fully saturated rings. The van der Waals surface area contributed by atoms with E-state index in [1.807, 2.05) is 28.8 Å². The van der Waals surface area contributed by atoms with Gasteiger partial charge < -0.3 is 0 Å². The van der Waals surface area contributed by atoms with Gasteiger partial charge >= 0.3 is 0 Å². The van der Waals surface area contributed by atoms with Crippen LogP contribution in [0.5, 0.6) is 0 Å². The lowest BCUT2D eigenvalue weighted by molar-refractivity contribution is -0.384. The van der Waals surface area contributed by atoms with Gasteiger partial charge in [0.1, 0.15) is 5.02 Å². The van der Waals surface area contributed by atoms with Crippen molar-refractivity contribution < 1.29 is 9.72 Å². The highest BCUT2D eigenvalue weighted by atomic mass is 35.5. The summed E-state index contributed by atoms with van der Waals surface area (Å²) in [7, 11) is 0. The largest absolute Gasteiger partial charge is 0.288 e. The molecule has 0 atom stereocenters. The number of hydrazone groups is 1. The van der Waals surface area contributed by atoms with E-state index in [-0.39, 0.29) is 16.5 Å². The monoisotopic (exact) mass is 560 g/mol. The third-order valence-corrected chi connectivity index (χ3v) is 6.48. The number of carbonyl (C=O) groups excluding carboxylic acids is 1. The first kappa shape index (κ1) is 25.6. The van der Waals surface area contributed by atoms with Crippen molar-refractivity contribution in [3.63, 3.8) is 0 Å². The predicted molar refractivity (Wildman–Crippen MR) is 141 cm³/mol. The molecule has 0 unspecified atom stereocenters. The van der Waals surface area contributed by atoms with E-state index in [1.165, 1.54) is 30.1 Å². The van der Waals surface area contributed by atoms with Gasteiger partial charge in [0, 0.05) is 32.9 Å². The Morgan fingerprint density at radius 3 is 2.36 bits per heavy atom. The zero-order chi connectivity index (χ0) is 25.7. The summed E-state index contributed by atoms with van der Waals surface area (Å²) < 4.78 is 1.81. The Hall–Kier alpha value is -3.44. The SMILES string of the molecule is O=C(CSc1nnc(-c2ccc(Cl)cc2)n1-c1ccc(Cl)cc1)N/N=C\c1ccc(Cl)c([N+](=O)[O-])c1. The molecule has 0 aliphatic heterocycles. The Morgan fingerprint density at radius 1 is 1.03 bits per heavy atom. The van der Waals surface area contributed by atoms with Crippen molar-refractivity contribution in [1.29, 1.82) is 0 Å². The molecule has 13 heteroatoms. The minimum absolute atomic E-state index is 0.00948. The number of rotatable bonds is 8. The highest BCUT2D eigenvalue weighted by Gasteiger charge is 2.17. The van der Waals surface area contributed by atoms with Crippen molar-refractivity contribution in [2.24, 2.45) is 5.10 Å². The Balaban J connectivity index is 1.49. The van der Waals surface area contributed by atoms with Crippen LogP contribution in [0.1, 0.15) is 5.56 Å². The highest BCUT2D eigenvalue weighted by molar-refractivity contribution is 7.99. The fourth-order valence-corrected chi connectivity index (χ4v) is 4.25. The second-order valence-corrected chi connectivity index (χ2v) is 9.40. The van der Waals surface area contributed by atoms with Gasteiger partial charge in [0.2, 0.25) is 0 Å². The van der Waals surface area contributed by atoms with Crippen molar-refractivity contribution in [1.82, 2.24) is 20.2 Å². The second kappa shape index (κ2) is 11.5. The van der Waals surface area contributed by atoms with Crippen LogP contribution in [0.15, 0.2) is 77.0 Å². The number of hydrogen-bond donors (Lipinski definition) is 1. The number of nitrogens with one attached hydrogen (secondary N) is 1. The average molecular weight is 562 g/mol. The number of nitrogens with zero attached hydrogens (tertiary/aromatic N) is 5. The van der Waals surface area contributed by atoms with Crippen molar-refractivity contribution in [2.45, 2.75) is 5.16 Å². The zero-order valence-electron chi connectivity index (χ0n) is 18.1. The average Bonchev–Trinajstić information content (AvgIpc) is 3.28. The van der Waals surface area contributed by atoms with Crippen LogP contribution in [-0.4, -0.2) is 37.6 Å². The lowest BCUT2D eigenvalue weighted by Gasteiger charge is -2.10. The van der Waals surface area contributed by atoms with Crippen LogP contribution >= 0.6 is 46.6 Å². The number of amides is 1. The third kappa shape index (κ3) is 6.21. The number of benzene rings is 3. The van der Waals surface area contributed by atoms with E-state index in [0.717, 1.165) is 11.3 Å². The Morgan fingerprint density at radius 2 is 1.69 bits per heavy atom. The van der Waals surface area contributed by atoms with Crippen LogP contribution in [0.3, 0.4) is 0 Å². The van der Waals surface area contributed by atoms with Crippen LogP contribution in [-0.2, 0) is 4.79 Å². The minimum atomic E-state index is -0.593.